The van der Waals surface area contributed by atoms with Crippen LogP contribution in [0.4, 0.5) is 5.69 Å². The van der Waals surface area contributed by atoms with Crippen LogP contribution in [0, 0.1) is 13.8 Å². The van der Waals surface area contributed by atoms with Crippen LogP contribution in [-0.2, 0) is 6.54 Å². The largest absolute Gasteiger partial charge is 0.506 e. The van der Waals surface area contributed by atoms with E-state index in [0.29, 0.717) is 17.6 Å². The monoisotopic (exact) mass is 337 g/mol. The third kappa shape index (κ3) is 3.10. The van der Waals surface area contributed by atoms with E-state index in [4.69, 9.17) is 0 Å². The number of carbonyl (C=O) groups excluding carboxylic acids is 1. The molecule has 2 heterocycles. The second-order valence-electron chi connectivity index (χ2n) is 5.96. The maximum Gasteiger partial charge on any atom is 0.261 e. The molecule has 0 atom stereocenters. The van der Waals surface area contributed by atoms with Gasteiger partial charge in [0.2, 0.25) is 5.43 Å². The summed E-state index contributed by atoms with van der Waals surface area (Å²) in [5.74, 6) is -0.608. The van der Waals surface area contributed by atoms with Crippen molar-refractivity contribution < 1.29 is 9.90 Å². The Morgan fingerprint density at radius 2 is 2.00 bits per heavy atom. The molecule has 0 fully saturated rings. The van der Waals surface area contributed by atoms with Crippen molar-refractivity contribution in [1.29, 1.82) is 0 Å². The van der Waals surface area contributed by atoms with Crippen LogP contribution < -0.4 is 10.7 Å². The molecule has 0 radical (unpaired) electrons. The highest BCUT2D eigenvalue weighted by molar-refractivity contribution is 6.06. The Morgan fingerprint density at radius 3 is 2.72 bits per heavy atom. The van der Waals surface area contributed by atoms with Gasteiger partial charge < -0.3 is 15.0 Å². The first-order valence-electron chi connectivity index (χ1n) is 8.02. The highest BCUT2D eigenvalue weighted by Gasteiger charge is 2.17. The number of rotatable bonds is 3. The van der Waals surface area contributed by atoms with E-state index in [-0.39, 0.29) is 22.4 Å². The summed E-state index contributed by atoms with van der Waals surface area (Å²) in [7, 11) is 0. The van der Waals surface area contributed by atoms with Crippen molar-refractivity contribution in [3.05, 3.63) is 63.6 Å². The topological polar surface area (TPSA) is 84.2 Å². The average molecular weight is 337 g/mol. The Labute approximate surface area is 144 Å². The lowest BCUT2D eigenvalue weighted by molar-refractivity contribution is 0.102. The number of hydrogen-bond donors (Lipinski definition) is 2. The summed E-state index contributed by atoms with van der Waals surface area (Å²) in [6, 6.07) is 8.32. The molecule has 0 aliphatic heterocycles. The number of benzene rings is 1. The molecule has 3 rings (SSSR count). The third-order valence-electron chi connectivity index (χ3n) is 4.05. The molecule has 6 heteroatoms. The normalized spacial score (nSPS) is 10.8. The van der Waals surface area contributed by atoms with Crippen molar-refractivity contribution in [1.82, 2.24) is 9.55 Å². The predicted octanol–water partition coefficient (Wildman–Crippen LogP) is 2.99. The van der Waals surface area contributed by atoms with E-state index < -0.39 is 5.91 Å². The number of phenolic OH excluding ortho intramolecular Hbond substituents is 1. The summed E-state index contributed by atoms with van der Waals surface area (Å²) in [6.45, 7) is 6.19. The van der Waals surface area contributed by atoms with Gasteiger partial charge in [0.1, 0.15) is 17.0 Å². The Morgan fingerprint density at radius 1 is 1.24 bits per heavy atom. The van der Waals surface area contributed by atoms with Gasteiger partial charge in [0.05, 0.1) is 11.1 Å². The molecule has 0 unspecified atom stereocenters. The van der Waals surface area contributed by atoms with Crippen molar-refractivity contribution in [3.8, 4) is 5.75 Å². The van der Waals surface area contributed by atoms with Gasteiger partial charge in [0, 0.05) is 18.4 Å². The second kappa shape index (κ2) is 6.39. The number of anilines is 1. The van der Waals surface area contributed by atoms with Crippen molar-refractivity contribution in [3.63, 3.8) is 0 Å². The number of aromatic hydroxyl groups is 1. The van der Waals surface area contributed by atoms with Crippen molar-refractivity contribution >= 4 is 22.6 Å². The lowest BCUT2D eigenvalue weighted by atomic mass is 10.1. The molecular weight excluding hydrogens is 318 g/mol. The summed E-state index contributed by atoms with van der Waals surface area (Å²) in [5.41, 5.74) is 2.16. The van der Waals surface area contributed by atoms with E-state index in [2.05, 4.69) is 10.3 Å². The minimum absolute atomic E-state index is 0.0147. The molecule has 0 aliphatic carbocycles. The number of aromatic nitrogens is 2. The number of pyridine rings is 2. The molecule has 0 saturated heterocycles. The summed E-state index contributed by atoms with van der Waals surface area (Å²) in [5, 5.41) is 12.9. The fourth-order valence-corrected chi connectivity index (χ4v) is 2.70. The first kappa shape index (κ1) is 16.7. The number of aryl methyl sites for hydroxylation is 3. The van der Waals surface area contributed by atoms with E-state index >= 15 is 0 Å². The van der Waals surface area contributed by atoms with Crippen LogP contribution in [0.25, 0.3) is 11.0 Å². The molecule has 128 valence electrons. The summed E-state index contributed by atoms with van der Waals surface area (Å²) in [4.78, 5) is 29.7. The lowest BCUT2D eigenvalue weighted by Crippen LogP contribution is -2.24. The van der Waals surface area contributed by atoms with Gasteiger partial charge in [-0.1, -0.05) is 6.07 Å². The van der Waals surface area contributed by atoms with Crippen molar-refractivity contribution in [2.24, 2.45) is 0 Å². The Hall–Kier alpha value is -3.15. The van der Waals surface area contributed by atoms with Gasteiger partial charge in [-0.25, -0.2) is 4.98 Å². The van der Waals surface area contributed by atoms with Gasteiger partial charge >= 0.3 is 0 Å². The summed E-state index contributed by atoms with van der Waals surface area (Å²) < 4.78 is 1.77. The number of hydrogen-bond acceptors (Lipinski definition) is 4. The van der Waals surface area contributed by atoms with Crippen molar-refractivity contribution in [2.45, 2.75) is 27.3 Å². The van der Waals surface area contributed by atoms with Crippen LogP contribution in [0.3, 0.4) is 0 Å². The first-order chi connectivity index (χ1) is 11.9. The lowest BCUT2D eigenvalue weighted by Gasteiger charge is -2.12. The van der Waals surface area contributed by atoms with E-state index in [1.165, 1.54) is 12.3 Å². The van der Waals surface area contributed by atoms with Crippen molar-refractivity contribution in [2.75, 3.05) is 5.32 Å². The van der Waals surface area contributed by atoms with Gasteiger partial charge in [0.15, 0.2) is 0 Å². The third-order valence-corrected chi connectivity index (χ3v) is 4.05. The zero-order valence-corrected chi connectivity index (χ0v) is 14.3. The maximum atomic E-state index is 12.7. The zero-order chi connectivity index (χ0) is 18.1. The number of carbonyl (C=O) groups is 1. The summed E-state index contributed by atoms with van der Waals surface area (Å²) >= 11 is 0. The molecule has 3 aromatic rings. The highest BCUT2D eigenvalue weighted by Crippen LogP contribution is 2.24. The molecule has 0 saturated carbocycles. The highest BCUT2D eigenvalue weighted by atomic mass is 16.3. The van der Waals surface area contributed by atoms with E-state index in [0.717, 1.165) is 11.3 Å². The van der Waals surface area contributed by atoms with Gasteiger partial charge in [-0.05, 0) is 50.6 Å². The van der Waals surface area contributed by atoms with Crippen LogP contribution in [-0.4, -0.2) is 20.6 Å². The fourth-order valence-electron chi connectivity index (χ4n) is 2.70. The van der Waals surface area contributed by atoms with Crippen LogP contribution >= 0.6 is 0 Å². The standard InChI is InChI=1S/C19H19N3O3/c1-4-22-10-14(17(24)13-7-6-12(3)20-18(13)22)19(25)21-15-9-11(2)5-8-16(15)23/h5-10,23H,4H2,1-3H3,(H,21,25). The quantitative estimate of drug-likeness (QED) is 0.720. The first-order valence-corrected chi connectivity index (χ1v) is 8.02. The van der Waals surface area contributed by atoms with E-state index in [1.54, 1.807) is 28.8 Å². The van der Waals surface area contributed by atoms with Crippen LogP contribution in [0.5, 0.6) is 5.75 Å². The van der Waals surface area contributed by atoms with Gasteiger partial charge in [-0.2, -0.15) is 0 Å². The fraction of sp³-hybridized carbons (Fsp3) is 0.211. The minimum atomic E-state index is -0.560. The maximum absolute atomic E-state index is 12.7. The SMILES string of the molecule is CCn1cc(C(=O)Nc2cc(C)ccc2O)c(=O)c2ccc(C)nc21. The Kier molecular flexibility index (Phi) is 4.27. The smallest absolute Gasteiger partial charge is 0.261 e. The van der Waals surface area contributed by atoms with Gasteiger partial charge in [-0.15, -0.1) is 0 Å². The van der Waals surface area contributed by atoms with Crippen LogP contribution in [0.2, 0.25) is 0 Å². The molecule has 25 heavy (non-hydrogen) atoms. The molecule has 2 aromatic heterocycles. The predicted molar refractivity (Wildman–Crippen MR) is 97.2 cm³/mol. The Bertz CT molecular complexity index is 1040. The summed E-state index contributed by atoms with van der Waals surface area (Å²) in [6.07, 6.45) is 1.51. The second-order valence-corrected chi connectivity index (χ2v) is 5.96. The molecule has 1 aromatic carbocycles. The number of nitrogens with zero attached hydrogens (tertiary/aromatic N) is 2. The van der Waals surface area contributed by atoms with E-state index in [1.807, 2.05) is 20.8 Å². The number of phenols is 1. The van der Waals surface area contributed by atoms with Crippen LogP contribution in [0.1, 0.15) is 28.5 Å². The number of fused-ring (bicyclic) bond motifs is 1. The molecule has 0 spiro atoms. The molecular formula is C19H19N3O3. The van der Waals surface area contributed by atoms with Gasteiger partial charge in [-0.3, -0.25) is 9.59 Å². The van der Waals surface area contributed by atoms with E-state index in [9.17, 15) is 14.7 Å². The number of amides is 1. The van der Waals surface area contributed by atoms with Crippen LogP contribution in [0.15, 0.2) is 41.3 Å². The molecule has 2 N–H and O–H groups in total. The molecule has 0 bridgehead atoms. The average Bonchev–Trinajstić information content (AvgIpc) is 2.58. The minimum Gasteiger partial charge on any atom is -0.506 e. The molecule has 1 amide bonds. The zero-order valence-electron chi connectivity index (χ0n) is 14.3. The Balaban J connectivity index is 2.10. The van der Waals surface area contributed by atoms with Gasteiger partial charge in [0.25, 0.3) is 5.91 Å². The number of nitrogens with one attached hydrogen (secondary N) is 1. The molecule has 6 nitrogen and oxygen atoms in total. The molecule has 0 aliphatic rings.